The second-order valence-corrected chi connectivity index (χ2v) is 6.46. The third-order valence-corrected chi connectivity index (χ3v) is 4.35. The van der Waals surface area contributed by atoms with Crippen LogP contribution in [0.5, 0.6) is 0 Å². The molecule has 0 aliphatic rings. The van der Waals surface area contributed by atoms with E-state index < -0.39 is 0 Å². The lowest BCUT2D eigenvalue weighted by Gasteiger charge is -2.08. The number of carbonyl (C=O) groups is 2. The van der Waals surface area contributed by atoms with Crippen LogP contribution >= 0.6 is 27.3 Å². The number of rotatable bonds is 6. The van der Waals surface area contributed by atoms with Crippen LogP contribution < -0.4 is 5.32 Å². The molecule has 1 amide bonds. The number of anilines is 1. The van der Waals surface area contributed by atoms with E-state index in [4.69, 9.17) is 4.74 Å². The Bertz CT molecular complexity index is 655. The van der Waals surface area contributed by atoms with Gasteiger partial charge in [-0.3, -0.25) is 9.59 Å². The number of benzene rings is 1. The van der Waals surface area contributed by atoms with E-state index in [9.17, 15) is 9.59 Å². The van der Waals surface area contributed by atoms with E-state index in [1.54, 1.807) is 17.4 Å². The predicted octanol–water partition coefficient (Wildman–Crippen LogP) is 3.93. The monoisotopic (exact) mass is 381 g/mol. The standard InChI is InChI=1S/C16H16BrNO3S/c1-11-2-4-14(13(17)8-11)18-15(19)9-21-16(20)5-3-12-6-7-22-10-12/h2,4,6-8,10H,3,5,9H2,1H3,(H,18,19). The van der Waals surface area contributed by atoms with E-state index in [0.29, 0.717) is 12.1 Å². The minimum absolute atomic E-state index is 0.275. The number of hydrogen-bond acceptors (Lipinski definition) is 4. The molecule has 2 aromatic rings. The van der Waals surface area contributed by atoms with Crippen LogP contribution in [0.25, 0.3) is 0 Å². The van der Waals surface area contributed by atoms with Crippen LogP contribution in [0.2, 0.25) is 0 Å². The molecule has 0 saturated heterocycles. The van der Waals surface area contributed by atoms with Gasteiger partial charge < -0.3 is 10.1 Å². The SMILES string of the molecule is Cc1ccc(NC(=O)COC(=O)CCc2ccsc2)c(Br)c1. The summed E-state index contributed by atoms with van der Waals surface area (Å²) in [5.41, 5.74) is 2.85. The van der Waals surface area contributed by atoms with Crippen LogP contribution in [0.3, 0.4) is 0 Å². The number of amides is 1. The van der Waals surface area contributed by atoms with Crippen LogP contribution in [0.1, 0.15) is 17.5 Å². The number of halogens is 1. The van der Waals surface area contributed by atoms with Crippen LogP contribution in [-0.2, 0) is 20.7 Å². The maximum Gasteiger partial charge on any atom is 0.306 e. The van der Waals surface area contributed by atoms with Crippen molar-refractivity contribution in [2.75, 3.05) is 11.9 Å². The van der Waals surface area contributed by atoms with Crippen molar-refractivity contribution in [3.8, 4) is 0 Å². The molecule has 0 spiro atoms. The summed E-state index contributed by atoms with van der Waals surface area (Å²) in [6.45, 7) is 1.69. The smallest absolute Gasteiger partial charge is 0.306 e. The maximum atomic E-state index is 11.8. The van der Waals surface area contributed by atoms with Gasteiger partial charge in [0.05, 0.1) is 5.69 Å². The lowest BCUT2D eigenvalue weighted by atomic mass is 10.2. The summed E-state index contributed by atoms with van der Waals surface area (Å²) in [5, 5.41) is 6.66. The molecule has 1 aromatic carbocycles. The summed E-state index contributed by atoms with van der Waals surface area (Å²) in [6.07, 6.45) is 0.908. The molecule has 0 atom stereocenters. The number of hydrogen-bond donors (Lipinski definition) is 1. The van der Waals surface area contributed by atoms with Gasteiger partial charge in [-0.05, 0) is 69.4 Å². The van der Waals surface area contributed by atoms with Gasteiger partial charge in [0, 0.05) is 10.9 Å². The Balaban J connectivity index is 1.74. The molecule has 0 saturated carbocycles. The number of carbonyl (C=O) groups excluding carboxylic acids is 2. The number of thiophene rings is 1. The lowest BCUT2D eigenvalue weighted by molar-refractivity contribution is -0.147. The topological polar surface area (TPSA) is 55.4 Å². The van der Waals surface area contributed by atoms with E-state index in [-0.39, 0.29) is 24.9 Å². The van der Waals surface area contributed by atoms with Crippen molar-refractivity contribution < 1.29 is 14.3 Å². The zero-order chi connectivity index (χ0) is 15.9. The van der Waals surface area contributed by atoms with Gasteiger partial charge in [0.1, 0.15) is 0 Å². The molecule has 0 radical (unpaired) electrons. The van der Waals surface area contributed by atoms with Crippen LogP contribution in [0.4, 0.5) is 5.69 Å². The van der Waals surface area contributed by atoms with Crippen molar-refractivity contribution in [2.45, 2.75) is 19.8 Å². The molecule has 4 nitrogen and oxygen atoms in total. The largest absolute Gasteiger partial charge is 0.456 e. The summed E-state index contributed by atoms with van der Waals surface area (Å²) in [7, 11) is 0. The van der Waals surface area contributed by atoms with Gasteiger partial charge in [-0.1, -0.05) is 6.07 Å². The molecule has 0 aliphatic heterocycles. The highest BCUT2D eigenvalue weighted by Gasteiger charge is 2.10. The molecule has 1 N–H and O–H groups in total. The molecule has 0 fully saturated rings. The number of aryl methyl sites for hydroxylation is 2. The van der Waals surface area contributed by atoms with Crippen molar-refractivity contribution >= 4 is 44.8 Å². The molecular weight excluding hydrogens is 366 g/mol. The van der Waals surface area contributed by atoms with Crippen molar-refractivity contribution in [3.05, 3.63) is 50.6 Å². The van der Waals surface area contributed by atoms with Gasteiger partial charge in [-0.25, -0.2) is 0 Å². The first kappa shape index (κ1) is 16.7. The molecule has 6 heteroatoms. The van der Waals surface area contributed by atoms with Crippen molar-refractivity contribution in [1.29, 1.82) is 0 Å². The summed E-state index contributed by atoms with van der Waals surface area (Å²) >= 11 is 4.97. The predicted molar refractivity (Wildman–Crippen MR) is 91.1 cm³/mol. The van der Waals surface area contributed by atoms with E-state index in [0.717, 1.165) is 15.6 Å². The molecule has 0 unspecified atom stereocenters. The van der Waals surface area contributed by atoms with Crippen molar-refractivity contribution in [1.82, 2.24) is 0 Å². The molecular formula is C16H16BrNO3S. The number of esters is 1. The number of ether oxygens (including phenoxy) is 1. The average molecular weight is 382 g/mol. The summed E-state index contributed by atoms with van der Waals surface area (Å²) in [6, 6.07) is 7.57. The van der Waals surface area contributed by atoms with Gasteiger partial charge >= 0.3 is 5.97 Å². The fourth-order valence-corrected chi connectivity index (χ4v) is 3.10. The zero-order valence-electron chi connectivity index (χ0n) is 12.1. The first-order chi connectivity index (χ1) is 10.5. The second-order valence-electron chi connectivity index (χ2n) is 4.82. The molecule has 0 bridgehead atoms. The Kier molecular flexibility index (Phi) is 6.15. The maximum absolute atomic E-state index is 11.8. The van der Waals surface area contributed by atoms with Crippen LogP contribution in [0, 0.1) is 6.92 Å². The second kappa shape index (κ2) is 8.10. The van der Waals surface area contributed by atoms with E-state index in [2.05, 4.69) is 21.2 Å². The van der Waals surface area contributed by atoms with E-state index in [1.165, 1.54) is 0 Å². The Morgan fingerprint density at radius 3 is 2.82 bits per heavy atom. The number of nitrogens with one attached hydrogen (secondary N) is 1. The van der Waals surface area contributed by atoms with Gasteiger partial charge in [0.2, 0.25) is 0 Å². The molecule has 0 aliphatic carbocycles. The highest BCUT2D eigenvalue weighted by molar-refractivity contribution is 9.10. The van der Waals surface area contributed by atoms with Gasteiger partial charge in [-0.15, -0.1) is 0 Å². The zero-order valence-corrected chi connectivity index (χ0v) is 14.5. The molecule has 22 heavy (non-hydrogen) atoms. The van der Waals surface area contributed by atoms with Gasteiger partial charge in [-0.2, -0.15) is 11.3 Å². The first-order valence-corrected chi connectivity index (χ1v) is 8.51. The minimum atomic E-state index is -0.371. The Hall–Kier alpha value is -1.66. The fourth-order valence-electron chi connectivity index (χ4n) is 1.81. The third-order valence-electron chi connectivity index (χ3n) is 2.96. The normalized spacial score (nSPS) is 10.3. The third kappa shape index (κ3) is 5.27. The van der Waals surface area contributed by atoms with E-state index in [1.807, 2.05) is 35.9 Å². The highest BCUT2D eigenvalue weighted by atomic mass is 79.9. The summed E-state index contributed by atoms with van der Waals surface area (Å²) in [4.78, 5) is 23.4. The Morgan fingerprint density at radius 2 is 2.14 bits per heavy atom. The quantitative estimate of drug-likeness (QED) is 0.771. The highest BCUT2D eigenvalue weighted by Crippen LogP contribution is 2.23. The molecule has 1 aromatic heterocycles. The summed E-state index contributed by atoms with van der Waals surface area (Å²) in [5.74, 6) is -0.724. The molecule has 2 rings (SSSR count). The molecule has 116 valence electrons. The molecule has 1 heterocycles. The van der Waals surface area contributed by atoms with E-state index >= 15 is 0 Å². The first-order valence-electron chi connectivity index (χ1n) is 6.77. The lowest BCUT2D eigenvalue weighted by Crippen LogP contribution is -2.21. The van der Waals surface area contributed by atoms with Gasteiger partial charge in [0.15, 0.2) is 6.61 Å². The summed E-state index contributed by atoms with van der Waals surface area (Å²) < 4.78 is 5.77. The van der Waals surface area contributed by atoms with Gasteiger partial charge in [0.25, 0.3) is 5.91 Å². The average Bonchev–Trinajstić information content (AvgIpc) is 2.99. The Morgan fingerprint density at radius 1 is 1.32 bits per heavy atom. The minimum Gasteiger partial charge on any atom is -0.456 e. The fraction of sp³-hybridized carbons (Fsp3) is 0.250. The van der Waals surface area contributed by atoms with Crippen molar-refractivity contribution in [3.63, 3.8) is 0 Å². The van der Waals surface area contributed by atoms with Crippen molar-refractivity contribution in [2.24, 2.45) is 0 Å². The Labute approximate surface area is 141 Å². The van der Waals surface area contributed by atoms with Crippen LogP contribution in [-0.4, -0.2) is 18.5 Å². The van der Waals surface area contributed by atoms with Crippen LogP contribution in [0.15, 0.2) is 39.5 Å².